The molecule has 0 radical (unpaired) electrons. The number of imidazole rings is 1. The lowest BCUT2D eigenvalue weighted by molar-refractivity contribution is -0.192. The Hall–Kier alpha value is -3.29. The Balaban J connectivity index is 0.000000451. The van der Waals surface area contributed by atoms with Crippen LogP contribution in [0.5, 0.6) is 5.75 Å². The number of para-hydroxylation sites is 1. The molecule has 5 nitrogen and oxygen atoms in total. The molecule has 0 aliphatic carbocycles. The standard InChI is InChI=1S/C22H26N2O.C2HF3O2/c1-4-5-14-20-22(19-13-9-10-15-21(19)25-3)23-16-24(20)17(2)18-11-7-6-8-12-18;3-2(4,5)1(6)7/h6-13,15-17H,4-5,14H2,1-3H3;(H,6,7). The van der Waals surface area contributed by atoms with Crippen LogP contribution >= 0.6 is 0 Å². The van der Waals surface area contributed by atoms with Gasteiger partial charge < -0.3 is 14.4 Å². The number of aromatic nitrogens is 2. The summed E-state index contributed by atoms with van der Waals surface area (Å²) in [6.45, 7) is 4.46. The summed E-state index contributed by atoms with van der Waals surface area (Å²) in [6, 6.07) is 19.0. The minimum Gasteiger partial charge on any atom is -0.496 e. The summed E-state index contributed by atoms with van der Waals surface area (Å²) in [6.07, 6.45) is 0.219. The summed E-state index contributed by atoms with van der Waals surface area (Å²) in [4.78, 5) is 13.7. The number of alkyl halides is 3. The maximum Gasteiger partial charge on any atom is 0.490 e. The van der Waals surface area contributed by atoms with Crippen molar-refractivity contribution >= 4 is 5.97 Å². The van der Waals surface area contributed by atoms with Crippen LogP contribution in [0.4, 0.5) is 13.2 Å². The smallest absolute Gasteiger partial charge is 0.490 e. The molecule has 0 aliphatic heterocycles. The maximum atomic E-state index is 10.6. The minimum atomic E-state index is -5.08. The number of benzene rings is 2. The van der Waals surface area contributed by atoms with Gasteiger partial charge in [-0.05, 0) is 37.5 Å². The van der Waals surface area contributed by atoms with E-state index in [-0.39, 0.29) is 6.04 Å². The van der Waals surface area contributed by atoms with Gasteiger partial charge in [0.25, 0.3) is 0 Å². The molecular weight excluding hydrogens is 421 g/mol. The molecule has 3 aromatic rings. The topological polar surface area (TPSA) is 64.4 Å². The summed E-state index contributed by atoms with van der Waals surface area (Å²) < 4.78 is 39.6. The second-order valence-electron chi connectivity index (χ2n) is 7.14. The fourth-order valence-electron chi connectivity index (χ4n) is 3.27. The van der Waals surface area contributed by atoms with Gasteiger partial charge in [-0.25, -0.2) is 9.78 Å². The van der Waals surface area contributed by atoms with Gasteiger partial charge in [-0.15, -0.1) is 0 Å². The predicted octanol–water partition coefficient (Wildman–Crippen LogP) is 6.14. The molecule has 0 saturated carbocycles. The molecule has 0 aliphatic rings. The molecule has 32 heavy (non-hydrogen) atoms. The minimum absolute atomic E-state index is 0.254. The lowest BCUT2D eigenvalue weighted by Gasteiger charge is -2.18. The molecule has 1 heterocycles. The third-order valence-corrected chi connectivity index (χ3v) is 4.97. The van der Waals surface area contributed by atoms with E-state index in [1.165, 1.54) is 11.3 Å². The third-order valence-electron chi connectivity index (χ3n) is 4.97. The van der Waals surface area contributed by atoms with Gasteiger partial charge in [0.05, 0.1) is 25.2 Å². The number of methoxy groups -OCH3 is 1. The highest BCUT2D eigenvalue weighted by atomic mass is 19.4. The van der Waals surface area contributed by atoms with Crippen molar-refractivity contribution in [1.29, 1.82) is 0 Å². The zero-order chi connectivity index (χ0) is 23.7. The van der Waals surface area contributed by atoms with E-state index in [9.17, 15) is 13.2 Å². The molecular formula is C24H27F3N2O3. The van der Waals surface area contributed by atoms with Crippen LogP contribution in [-0.2, 0) is 11.2 Å². The fourth-order valence-corrected chi connectivity index (χ4v) is 3.27. The quantitative estimate of drug-likeness (QED) is 0.471. The first kappa shape index (κ1) is 25.0. The number of carboxylic acid groups (broad SMARTS) is 1. The molecule has 0 spiro atoms. The highest BCUT2D eigenvalue weighted by Crippen LogP contribution is 2.33. The largest absolute Gasteiger partial charge is 0.496 e. The van der Waals surface area contributed by atoms with Crippen LogP contribution in [-0.4, -0.2) is 33.9 Å². The first-order chi connectivity index (χ1) is 15.2. The highest BCUT2D eigenvalue weighted by Gasteiger charge is 2.38. The lowest BCUT2D eigenvalue weighted by atomic mass is 10.0. The second kappa shape index (κ2) is 11.4. The van der Waals surface area contributed by atoms with Crippen molar-refractivity contribution in [3.8, 4) is 17.0 Å². The number of nitrogens with zero attached hydrogens (tertiary/aromatic N) is 2. The number of hydrogen-bond donors (Lipinski definition) is 1. The second-order valence-corrected chi connectivity index (χ2v) is 7.14. The summed E-state index contributed by atoms with van der Waals surface area (Å²) in [7, 11) is 1.72. The average molecular weight is 448 g/mol. The third kappa shape index (κ3) is 6.35. The van der Waals surface area contributed by atoms with Crippen molar-refractivity contribution in [2.75, 3.05) is 7.11 Å². The van der Waals surface area contributed by atoms with E-state index in [1.54, 1.807) is 7.11 Å². The van der Waals surface area contributed by atoms with Gasteiger partial charge in [-0.1, -0.05) is 55.8 Å². The molecule has 0 saturated heterocycles. The summed E-state index contributed by atoms with van der Waals surface area (Å²) >= 11 is 0. The Morgan fingerprint density at radius 3 is 2.28 bits per heavy atom. The molecule has 1 N–H and O–H groups in total. The molecule has 3 rings (SSSR count). The molecule has 0 bridgehead atoms. The van der Waals surface area contributed by atoms with E-state index in [2.05, 4.69) is 54.8 Å². The number of ether oxygens (including phenoxy) is 1. The Labute approximate surface area is 185 Å². The van der Waals surface area contributed by atoms with Gasteiger partial charge in [0.1, 0.15) is 5.75 Å². The Kier molecular flexibility index (Phi) is 8.87. The fraction of sp³-hybridized carbons (Fsp3) is 0.333. The molecule has 0 fully saturated rings. The van der Waals surface area contributed by atoms with Gasteiger partial charge in [0.15, 0.2) is 0 Å². The zero-order valence-corrected chi connectivity index (χ0v) is 18.3. The van der Waals surface area contributed by atoms with Crippen molar-refractivity contribution in [2.45, 2.75) is 45.3 Å². The first-order valence-corrected chi connectivity index (χ1v) is 10.2. The average Bonchev–Trinajstić information content (AvgIpc) is 3.21. The molecule has 172 valence electrons. The van der Waals surface area contributed by atoms with E-state index >= 15 is 0 Å². The van der Waals surface area contributed by atoms with Gasteiger partial charge in [-0.3, -0.25) is 0 Å². The van der Waals surface area contributed by atoms with Crippen LogP contribution in [0.2, 0.25) is 0 Å². The van der Waals surface area contributed by atoms with E-state index in [0.717, 1.165) is 36.3 Å². The normalized spacial score (nSPS) is 11.9. The van der Waals surface area contributed by atoms with Crippen molar-refractivity contribution < 1.29 is 27.8 Å². The maximum absolute atomic E-state index is 10.6. The van der Waals surface area contributed by atoms with E-state index in [1.807, 2.05) is 24.5 Å². The number of unbranched alkanes of at least 4 members (excludes halogenated alkanes) is 1. The van der Waals surface area contributed by atoms with Crippen LogP contribution in [0.25, 0.3) is 11.3 Å². The number of rotatable bonds is 7. The molecule has 2 aromatic carbocycles. The summed E-state index contributed by atoms with van der Waals surface area (Å²) in [5.41, 5.74) is 4.68. The van der Waals surface area contributed by atoms with E-state index in [0.29, 0.717) is 0 Å². The van der Waals surface area contributed by atoms with Crippen LogP contribution in [0, 0.1) is 0 Å². The number of halogens is 3. The van der Waals surface area contributed by atoms with Gasteiger partial charge in [0.2, 0.25) is 0 Å². The number of carbonyl (C=O) groups is 1. The Morgan fingerprint density at radius 1 is 1.12 bits per heavy atom. The van der Waals surface area contributed by atoms with Gasteiger partial charge in [0, 0.05) is 11.3 Å². The Bertz CT molecular complexity index is 1000. The molecule has 0 amide bonds. The van der Waals surface area contributed by atoms with Crippen LogP contribution in [0.1, 0.15) is 44.0 Å². The first-order valence-electron chi connectivity index (χ1n) is 10.2. The molecule has 1 aromatic heterocycles. The van der Waals surface area contributed by atoms with Gasteiger partial charge >= 0.3 is 12.1 Å². The van der Waals surface area contributed by atoms with Crippen LogP contribution in [0.3, 0.4) is 0 Å². The molecule has 1 atom stereocenters. The van der Waals surface area contributed by atoms with Crippen LogP contribution < -0.4 is 4.74 Å². The van der Waals surface area contributed by atoms with Crippen molar-refractivity contribution in [1.82, 2.24) is 9.55 Å². The van der Waals surface area contributed by atoms with Gasteiger partial charge in [-0.2, -0.15) is 13.2 Å². The highest BCUT2D eigenvalue weighted by molar-refractivity contribution is 5.73. The van der Waals surface area contributed by atoms with E-state index < -0.39 is 12.1 Å². The monoisotopic (exact) mass is 448 g/mol. The van der Waals surface area contributed by atoms with Crippen molar-refractivity contribution in [3.05, 3.63) is 72.2 Å². The Morgan fingerprint density at radius 2 is 1.72 bits per heavy atom. The summed E-state index contributed by atoms with van der Waals surface area (Å²) in [5.74, 6) is -1.88. The summed E-state index contributed by atoms with van der Waals surface area (Å²) in [5, 5.41) is 7.12. The van der Waals surface area contributed by atoms with Crippen molar-refractivity contribution in [3.63, 3.8) is 0 Å². The number of carboxylic acids is 1. The number of hydrogen-bond acceptors (Lipinski definition) is 3. The molecule has 8 heteroatoms. The van der Waals surface area contributed by atoms with Crippen molar-refractivity contribution in [2.24, 2.45) is 0 Å². The van der Waals surface area contributed by atoms with Crippen LogP contribution in [0.15, 0.2) is 60.9 Å². The predicted molar refractivity (Wildman–Crippen MR) is 117 cm³/mol. The molecule has 1 unspecified atom stereocenters. The zero-order valence-electron chi connectivity index (χ0n) is 18.3. The van der Waals surface area contributed by atoms with E-state index in [4.69, 9.17) is 19.6 Å². The lowest BCUT2D eigenvalue weighted by Crippen LogP contribution is -2.21. The SMILES string of the molecule is CCCCc1c(-c2ccccc2OC)ncn1C(C)c1ccccc1.O=C(O)C(F)(F)F. The number of aliphatic carboxylic acids is 1.